The number of anilines is 1. The van der Waals surface area contributed by atoms with Gasteiger partial charge in [0.25, 0.3) is 5.91 Å². The molecular formula is C28H32ClN5O4. The van der Waals surface area contributed by atoms with Gasteiger partial charge in [0.2, 0.25) is 0 Å². The van der Waals surface area contributed by atoms with Gasteiger partial charge in [0.15, 0.2) is 0 Å². The summed E-state index contributed by atoms with van der Waals surface area (Å²) in [6.07, 6.45) is 3.39. The van der Waals surface area contributed by atoms with Crippen molar-refractivity contribution >= 4 is 29.3 Å². The number of rotatable bonds is 7. The molecule has 2 saturated heterocycles. The van der Waals surface area contributed by atoms with E-state index in [2.05, 4.69) is 15.0 Å². The van der Waals surface area contributed by atoms with Crippen molar-refractivity contribution < 1.29 is 18.8 Å². The normalized spacial score (nSPS) is 19.0. The molecule has 3 aromatic rings. The second kappa shape index (κ2) is 11.1. The number of pyridine rings is 1. The van der Waals surface area contributed by atoms with Gasteiger partial charge in [-0.05, 0) is 74.9 Å². The zero-order valence-corrected chi connectivity index (χ0v) is 22.6. The van der Waals surface area contributed by atoms with Crippen LogP contribution >= 0.6 is 11.6 Å². The van der Waals surface area contributed by atoms with E-state index < -0.39 is 6.09 Å². The average molecular weight is 538 g/mol. The third kappa shape index (κ3) is 5.54. The Hall–Kier alpha value is -3.43. The highest BCUT2D eigenvalue weighted by molar-refractivity contribution is 6.31. The summed E-state index contributed by atoms with van der Waals surface area (Å²) < 4.78 is 10.3. The molecule has 0 bridgehead atoms. The predicted molar refractivity (Wildman–Crippen MR) is 144 cm³/mol. The zero-order valence-electron chi connectivity index (χ0n) is 21.9. The van der Waals surface area contributed by atoms with Crippen LogP contribution in [-0.4, -0.2) is 71.2 Å². The summed E-state index contributed by atoms with van der Waals surface area (Å²) in [6, 6.07) is 8.91. The lowest BCUT2D eigenvalue weighted by molar-refractivity contribution is 0.0772. The van der Waals surface area contributed by atoms with E-state index >= 15 is 0 Å². The molecule has 2 aromatic heterocycles. The maximum Gasteiger partial charge on any atom is 0.422 e. The van der Waals surface area contributed by atoms with Gasteiger partial charge in [-0.2, -0.15) is 0 Å². The molecule has 1 aromatic carbocycles. The van der Waals surface area contributed by atoms with E-state index in [1.165, 1.54) is 12.3 Å². The minimum absolute atomic E-state index is 0.0429. The van der Waals surface area contributed by atoms with Crippen molar-refractivity contribution in [3.05, 3.63) is 70.1 Å². The summed E-state index contributed by atoms with van der Waals surface area (Å²) in [5.41, 5.74) is 4.10. The number of fused-ring (bicyclic) bond motifs is 1. The molecule has 2 amide bonds. The Morgan fingerprint density at radius 3 is 2.47 bits per heavy atom. The molecule has 0 spiro atoms. The number of carbonyl (C=O) groups excluding carboxylic acids is 2. The van der Waals surface area contributed by atoms with E-state index in [1.807, 2.05) is 43.9 Å². The van der Waals surface area contributed by atoms with Crippen LogP contribution < -0.4 is 9.64 Å². The summed E-state index contributed by atoms with van der Waals surface area (Å²) in [6.45, 7) is 10.5. The van der Waals surface area contributed by atoms with Crippen LogP contribution in [0.4, 0.5) is 10.5 Å². The molecule has 10 heteroatoms. The molecule has 2 unspecified atom stereocenters. The van der Waals surface area contributed by atoms with Crippen LogP contribution in [0.25, 0.3) is 0 Å². The molecule has 5 rings (SSSR count). The van der Waals surface area contributed by atoms with E-state index in [4.69, 9.17) is 20.9 Å². The molecule has 0 saturated carbocycles. The number of hydrogen-bond donors (Lipinski definition) is 0. The van der Waals surface area contributed by atoms with E-state index in [1.54, 1.807) is 17.2 Å². The topological polar surface area (TPSA) is 92.0 Å². The highest BCUT2D eigenvalue weighted by atomic mass is 35.5. The van der Waals surface area contributed by atoms with Crippen LogP contribution in [0.1, 0.15) is 33.6 Å². The zero-order chi connectivity index (χ0) is 26.8. The monoisotopic (exact) mass is 537 g/mol. The van der Waals surface area contributed by atoms with Crippen molar-refractivity contribution in [3.63, 3.8) is 0 Å². The Balaban J connectivity index is 1.17. The molecule has 4 heterocycles. The Morgan fingerprint density at radius 1 is 1.05 bits per heavy atom. The van der Waals surface area contributed by atoms with Crippen LogP contribution in [0, 0.1) is 32.6 Å². The van der Waals surface area contributed by atoms with Crippen LogP contribution in [-0.2, 0) is 0 Å². The first kappa shape index (κ1) is 26.2. The highest BCUT2D eigenvalue weighted by Crippen LogP contribution is 2.33. The van der Waals surface area contributed by atoms with Crippen LogP contribution in [0.3, 0.4) is 0 Å². The number of nitrogens with zero attached hydrogens (tertiary/aromatic N) is 5. The SMILES string of the molecule is Cc1ccc(N(CCCN2CC3CN(C(=O)c4c(C)ccnc4C)CC3C2)C(=O)Oc2ccno2)cc1Cl. The fourth-order valence-electron chi connectivity index (χ4n) is 5.54. The van der Waals surface area contributed by atoms with E-state index in [9.17, 15) is 9.59 Å². The molecule has 2 atom stereocenters. The van der Waals surface area contributed by atoms with Gasteiger partial charge in [-0.1, -0.05) is 22.8 Å². The second-order valence-corrected chi connectivity index (χ2v) is 10.6. The molecule has 38 heavy (non-hydrogen) atoms. The number of aromatic nitrogens is 2. The van der Waals surface area contributed by atoms with Crippen LogP contribution in [0.15, 0.2) is 47.2 Å². The standard InChI is InChI=1S/C28H32ClN5O4/c1-18-5-6-23(13-24(18)29)34(28(36)37-25-8-10-31-38-25)12-4-11-32-14-21-16-33(17-22(21)15-32)27(35)26-19(2)7-9-30-20(26)3/h5-10,13,21-22H,4,11-12,14-17H2,1-3H3. The van der Waals surface area contributed by atoms with Gasteiger partial charge in [-0.25, -0.2) is 4.79 Å². The lowest BCUT2D eigenvalue weighted by Gasteiger charge is -2.25. The quantitative estimate of drug-likeness (QED) is 0.429. The van der Waals surface area contributed by atoms with Gasteiger partial charge in [0.1, 0.15) is 0 Å². The molecule has 2 fully saturated rings. The largest absolute Gasteiger partial charge is 0.422 e. The first-order valence-corrected chi connectivity index (χ1v) is 13.3. The number of aryl methyl sites for hydroxylation is 3. The average Bonchev–Trinajstić information content (AvgIpc) is 3.61. The number of halogens is 1. The lowest BCUT2D eigenvalue weighted by Crippen LogP contribution is -2.37. The fourth-order valence-corrected chi connectivity index (χ4v) is 5.71. The Labute approximate surface area is 227 Å². The minimum Gasteiger partial charge on any atom is -0.374 e. The van der Waals surface area contributed by atoms with Crippen molar-refractivity contribution in [3.8, 4) is 5.95 Å². The smallest absolute Gasteiger partial charge is 0.374 e. The third-order valence-corrected chi connectivity index (χ3v) is 7.96. The molecule has 9 nitrogen and oxygen atoms in total. The number of hydrogen-bond acceptors (Lipinski definition) is 7. The highest BCUT2D eigenvalue weighted by Gasteiger charge is 2.42. The van der Waals surface area contributed by atoms with Crippen molar-refractivity contribution in [1.82, 2.24) is 19.9 Å². The van der Waals surface area contributed by atoms with Crippen LogP contribution in [0.2, 0.25) is 5.02 Å². The van der Waals surface area contributed by atoms with Gasteiger partial charge < -0.3 is 19.1 Å². The summed E-state index contributed by atoms with van der Waals surface area (Å²) in [7, 11) is 0. The fraction of sp³-hybridized carbons (Fsp3) is 0.429. The number of carbonyl (C=O) groups is 2. The van der Waals surface area contributed by atoms with Crippen molar-refractivity contribution in [2.24, 2.45) is 11.8 Å². The predicted octanol–water partition coefficient (Wildman–Crippen LogP) is 4.75. The van der Waals surface area contributed by atoms with E-state index in [0.29, 0.717) is 29.1 Å². The van der Waals surface area contributed by atoms with Gasteiger partial charge in [0.05, 0.1) is 17.5 Å². The van der Waals surface area contributed by atoms with Crippen molar-refractivity contribution in [2.45, 2.75) is 27.2 Å². The molecule has 2 aliphatic heterocycles. The van der Waals surface area contributed by atoms with Gasteiger partial charge in [0, 0.05) is 55.7 Å². The second-order valence-electron chi connectivity index (χ2n) is 10.2. The van der Waals surface area contributed by atoms with Gasteiger partial charge >= 0.3 is 12.0 Å². The minimum atomic E-state index is -0.546. The number of benzene rings is 1. The molecule has 0 aliphatic carbocycles. The molecule has 0 radical (unpaired) electrons. The number of amides is 2. The Bertz CT molecular complexity index is 1280. The van der Waals surface area contributed by atoms with E-state index in [0.717, 1.165) is 61.5 Å². The molecule has 0 N–H and O–H groups in total. The third-order valence-electron chi connectivity index (χ3n) is 7.56. The van der Waals surface area contributed by atoms with Crippen molar-refractivity contribution in [1.29, 1.82) is 0 Å². The molecule has 200 valence electrons. The summed E-state index contributed by atoms with van der Waals surface area (Å²) in [4.78, 5) is 36.5. The first-order valence-electron chi connectivity index (χ1n) is 12.9. The summed E-state index contributed by atoms with van der Waals surface area (Å²) in [5.74, 6) is 1.05. The number of ether oxygens (including phenoxy) is 1. The molecule has 2 aliphatic rings. The summed E-state index contributed by atoms with van der Waals surface area (Å²) >= 11 is 6.34. The van der Waals surface area contributed by atoms with Gasteiger partial charge in [-0.3, -0.25) is 14.7 Å². The number of likely N-dealkylation sites (tertiary alicyclic amines) is 2. The lowest BCUT2D eigenvalue weighted by atomic mass is 10.0. The Kier molecular flexibility index (Phi) is 7.67. The maximum atomic E-state index is 13.2. The summed E-state index contributed by atoms with van der Waals surface area (Å²) in [5, 5.41) is 4.18. The van der Waals surface area contributed by atoms with Crippen LogP contribution in [0.5, 0.6) is 5.95 Å². The maximum absolute atomic E-state index is 13.2. The first-order chi connectivity index (χ1) is 18.3. The molecular weight excluding hydrogens is 506 g/mol. The van der Waals surface area contributed by atoms with Gasteiger partial charge in [-0.15, -0.1) is 0 Å². The Morgan fingerprint density at radius 2 is 1.82 bits per heavy atom. The van der Waals surface area contributed by atoms with E-state index in [-0.39, 0.29) is 11.9 Å². The van der Waals surface area contributed by atoms with Crippen molar-refractivity contribution in [2.75, 3.05) is 44.2 Å².